The molecule has 8 nitrogen and oxygen atoms in total. The molecular formula is C19H25FN6O2S2. The first-order valence-electron chi connectivity index (χ1n) is 9.76. The molecule has 0 unspecified atom stereocenters. The van der Waals surface area contributed by atoms with E-state index in [1.807, 2.05) is 13.8 Å². The number of thioether (sulfide) groups is 2. The van der Waals surface area contributed by atoms with Crippen LogP contribution in [0.5, 0.6) is 0 Å². The maximum atomic E-state index is 13.3. The summed E-state index contributed by atoms with van der Waals surface area (Å²) in [5.41, 5.74) is 0.647. The normalized spacial score (nSPS) is 14.4. The van der Waals surface area contributed by atoms with Crippen LogP contribution in [0.15, 0.2) is 34.6 Å². The van der Waals surface area contributed by atoms with E-state index in [0.717, 1.165) is 24.6 Å². The second-order valence-electron chi connectivity index (χ2n) is 6.82. The van der Waals surface area contributed by atoms with Crippen LogP contribution in [0.3, 0.4) is 0 Å². The van der Waals surface area contributed by atoms with Gasteiger partial charge in [0.25, 0.3) is 0 Å². The third-order valence-electron chi connectivity index (χ3n) is 4.63. The van der Waals surface area contributed by atoms with Crippen LogP contribution < -0.4 is 11.2 Å². The summed E-state index contributed by atoms with van der Waals surface area (Å²) in [4.78, 5) is 26.7. The second-order valence-corrected chi connectivity index (χ2v) is 8.84. The van der Waals surface area contributed by atoms with Crippen molar-refractivity contribution < 1.29 is 14.0 Å². The molecule has 3 rings (SSSR count). The first-order valence-corrected chi connectivity index (χ1v) is 11.6. The molecule has 1 aromatic heterocycles. The minimum absolute atomic E-state index is 0.00444. The number of aromatic nitrogens is 3. The monoisotopic (exact) mass is 452 g/mol. The zero-order valence-electron chi connectivity index (χ0n) is 16.9. The Morgan fingerprint density at radius 3 is 2.47 bits per heavy atom. The van der Waals surface area contributed by atoms with Gasteiger partial charge in [-0.3, -0.25) is 9.59 Å². The largest absolute Gasteiger partial charge is 0.352 e. The van der Waals surface area contributed by atoms with Gasteiger partial charge in [-0.1, -0.05) is 35.7 Å². The maximum absolute atomic E-state index is 13.3. The van der Waals surface area contributed by atoms with Gasteiger partial charge < -0.3 is 16.1 Å². The van der Waals surface area contributed by atoms with Crippen molar-refractivity contribution in [3.05, 3.63) is 35.6 Å². The highest BCUT2D eigenvalue weighted by Gasteiger charge is 2.30. The summed E-state index contributed by atoms with van der Waals surface area (Å²) < 4.78 is 14.6. The quantitative estimate of drug-likeness (QED) is 0.420. The molecule has 0 bridgehead atoms. The molecule has 3 N–H and O–H groups in total. The van der Waals surface area contributed by atoms with E-state index in [1.54, 1.807) is 17.0 Å². The van der Waals surface area contributed by atoms with Crippen molar-refractivity contribution in [1.82, 2.24) is 25.1 Å². The molecule has 1 atom stereocenters. The van der Waals surface area contributed by atoms with Crippen molar-refractivity contribution in [2.45, 2.75) is 48.3 Å². The minimum atomic E-state index is -0.646. The number of nitrogen functional groups attached to an aromatic ring is 1. The topological polar surface area (TPSA) is 106 Å². The molecular weight excluding hydrogens is 427 g/mol. The molecule has 1 fully saturated rings. The summed E-state index contributed by atoms with van der Waals surface area (Å²) in [6.45, 7) is 5.13. The fraction of sp³-hybridized carbons (Fsp3) is 0.474. The van der Waals surface area contributed by atoms with Gasteiger partial charge in [0.1, 0.15) is 11.1 Å². The fourth-order valence-electron chi connectivity index (χ4n) is 2.76. The van der Waals surface area contributed by atoms with Crippen LogP contribution in [-0.4, -0.2) is 56.5 Å². The average Bonchev–Trinajstić information content (AvgIpc) is 3.48. The average molecular weight is 453 g/mol. The molecule has 2 amide bonds. The molecule has 1 heterocycles. The molecule has 0 radical (unpaired) electrons. The summed E-state index contributed by atoms with van der Waals surface area (Å²) >= 11 is 2.34. The van der Waals surface area contributed by atoms with Crippen molar-refractivity contribution in [1.29, 1.82) is 0 Å². The first-order chi connectivity index (χ1) is 14.4. The molecule has 11 heteroatoms. The predicted octanol–water partition coefficient (Wildman–Crippen LogP) is 2.20. The van der Waals surface area contributed by atoms with Crippen molar-refractivity contribution >= 4 is 35.3 Å². The Kier molecular flexibility index (Phi) is 7.59. The smallest absolute Gasteiger partial charge is 0.238 e. The molecule has 1 aromatic carbocycles. The lowest BCUT2D eigenvalue weighted by Gasteiger charge is -2.18. The van der Waals surface area contributed by atoms with Gasteiger partial charge in [0.15, 0.2) is 0 Å². The van der Waals surface area contributed by atoms with Gasteiger partial charge in [-0.15, -0.1) is 10.2 Å². The summed E-state index contributed by atoms with van der Waals surface area (Å²) in [6, 6.07) is 5.99. The molecule has 0 saturated heterocycles. The van der Waals surface area contributed by atoms with E-state index in [0.29, 0.717) is 29.0 Å². The Balaban J connectivity index is 1.72. The second kappa shape index (κ2) is 10.2. The molecule has 30 heavy (non-hydrogen) atoms. The summed E-state index contributed by atoms with van der Waals surface area (Å²) in [6.07, 6.45) is 1.92. The number of nitrogens with two attached hydrogens (primary N) is 1. The number of carbonyl (C=O) groups is 2. The van der Waals surface area contributed by atoms with Crippen LogP contribution in [0.4, 0.5) is 4.39 Å². The number of hydrogen-bond acceptors (Lipinski definition) is 7. The van der Waals surface area contributed by atoms with E-state index in [-0.39, 0.29) is 29.4 Å². The highest BCUT2D eigenvalue weighted by Crippen LogP contribution is 2.36. The van der Waals surface area contributed by atoms with Crippen LogP contribution in [0.2, 0.25) is 0 Å². The number of benzene rings is 1. The van der Waals surface area contributed by atoms with Crippen LogP contribution >= 0.6 is 23.5 Å². The predicted molar refractivity (Wildman–Crippen MR) is 115 cm³/mol. The Morgan fingerprint density at radius 1 is 1.23 bits per heavy atom. The minimum Gasteiger partial charge on any atom is -0.352 e. The number of hydrogen-bond donors (Lipinski definition) is 2. The van der Waals surface area contributed by atoms with Crippen molar-refractivity contribution in [3.63, 3.8) is 0 Å². The van der Waals surface area contributed by atoms with Gasteiger partial charge in [-0.25, -0.2) is 9.07 Å². The Bertz CT molecular complexity index is 884. The molecule has 0 spiro atoms. The molecule has 1 saturated carbocycles. The maximum Gasteiger partial charge on any atom is 0.238 e. The molecule has 162 valence electrons. The highest BCUT2D eigenvalue weighted by atomic mass is 32.2. The molecule has 0 aliphatic heterocycles. The van der Waals surface area contributed by atoms with Gasteiger partial charge in [-0.2, -0.15) is 0 Å². The number of halogens is 1. The molecule has 1 aliphatic rings. The van der Waals surface area contributed by atoms with Gasteiger partial charge in [0.05, 0.1) is 5.75 Å². The van der Waals surface area contributed by atoms with Crippen LogP contribution in [0.1, 0.15) is 37.5 Å². The number of carbonyl (C=O) groups excluding carboxylic acids is 2. The Labute approximate surface area is 183 Å². The van der Waals surface area contributed by atoms with E-state index in [4.69, 9.17) is 5.84 Å². The highest BCUT2D eigenvalue weighted by molar-refractivity contribution is 8.00. The van der Waals surface area contributed by atoms with Crippen LogP contribution in [0.25, 0.3) is 0 Å². The number of nitrogens with zero attached hydrogens (tertiary/aromatic N) is 4. The number of nitrogens with one attached hydrogen (secondary N) is 1. The van der Waals surface area contributed by atoms with Crippen LogP contribution in [-0.2, 0) is 9.59 Å². The van der Waals surface area contributed by atoms with Gasteiger partial charge in [0.2, 0.25) is 22.1 Å². The van der Waals surface area contributed by atoms with E-state index >= 15 is 0 Å². The van der Waals surface area contributed by atoms with Gasteiger partial charge in [-0.05, 0) is 44.4 Å². The Hall–Kier alpha value is -2.27. The number of amides is 2. The van der Waals surface area contributed by atoms with E-state index in [9.17, 15) is 14.0 Å². The Morgan fingerprint density at radius 2 is 1.87 bits per heavy atom. The first kappa shape index (κ1) is 22.4. The van der Waals surface area contributed by atoms with Crippen molar-refractivity contribution in [2.24, 2.45) is 0 Å². The number of rotatable bonds is 10. The lowest BCUT2D eigenvalue weighted by molar-refractivity contribution is -0.128. The van der Waals surface area contributed by atoms with Gasteiger partial charge >= 0.3 is 0 Å². The van der Waals surface area contributed by atoms with E-state index in [1.165, 1.54) is 28.6 Å². The molecule has 1 aliphatic carbocycles. The summed E-state index contributed by atoms with van der Waals surface area (Å²) in [5, 5.41) is 11.2. The van der Waals surface area contributed by atoms with Gasteiger partial charge in [0, 0.05) is 19.1 Å². The third kappa shape index (κ3) is 5.66. The summed E-state index contributed by atoms with van der Waals surface area (Å²) in [5.74, 6) is 5.77. The summed E-state index contributed by atoms with van der Waals surface area (Å²) in [7, 11) is 0. The zero-order chi connectivity index (χ0) is 21.7. The van der Waals surface area contributed by atoms with E-state index < -0.39 is 5.25 Å². The van der Waals surface area contributed by atoms with Crippen LogP contribution in [0, 0.1) is 5.82 Å². The molecule has 2 aromatic rings. The fourth-order valence-corrected chi connectivity index (χ4v) is 4.54. The van der Waals surface area contributed by atoms with Crippen molar-refractivity contribution in [3.8, 4) is 0 Å². The SMILES string of the molecule is CCN(CC)C(=O)CSc1nnc(S[C@@H](C(=O)NC2CC2)c2ccc(F)cc2)n1N. The van der Waals surface area contributed by atoms with Crippen molar-refractivity contribution in [2.75, 3.05) is 24.7 Å². The van der Waals surface area contributed by atoms with E-state index in [2.05, 4.69) is 15.5 Å². The zero-order valence-corrected chi connectivity index (χ0v) is 18.5. The third-order valence-corrected chi connectivity index (χ3v) is 6.77. The standard InChI is InChI=1S/C19H25FN6O2S2/c1-3-25(4-2)15(27)11-29-18-23-24-19(26(18)21)30-16(17(28)22-14-9-10-14)12-5-7-13(20)8-6-12/h5-8,14,16H,3-4,9-11,21H2,1-2H3,(H,22,28)/t16-/m1/s1. The lowest BCUT2D eigenvalue weighted by atomic mass is 10.1. The lowest BCUT2D eigenvalue weighted by Crippen LogP contribution is -2.32.